The van der Waals surface area contributed by atoms with Crippen LogP contribution in [-0.2, 0) is 11.2 Å². The highest BCUT2D eigenvalue weighted by atomic mass is 32.2. The summed E-state index contributed by atoms with van der Waals surface area (Å²) in [6.07, 6.45) is 2.13. The lowest BCUT2D eigenvalue weighted by Gasteiger charge is -2.29. The minimum atomic E-state index is 0.207. The Morgan fingerprint density at radius 2 is 2.00 bits per heavy atom. The van der Waals surface area contributed by atoms with Crippen LogP contribution in [0.4, 0.5) is 5.69 Å². The summed E-state index contributed by atoms with van der Waals surface area (Å²) >= 11 is 1.65. The van der Waals surface area contributed by atoms with E-state index in [0.29, 0.717) is 5.75 Å². The Kier molecular flexibility index (Phi) is 4.53. The van der Waals surface area contributed by atoms with Crippen LogP contribution in [0.3, 0.4) is 0 Å². The van der Waals surface area contributed by atoms with Crippen molar-refractivity contribution in [3.05, 3.63) is 59.2 Å². The van der Waals surface area contributed by atoms with Gasteiger partial charge >= 0.3 is 0 Å². The molecule has 22 heavy (non-hydrogen) atoms. The zero-order chi connectivity index (χ0) is 15.5. The highest BCUT2D eigenvalue weighted by Gasteiger charge is 2.22. The van der Waals surface area contributed by atoms with Gasteiger partial charge in [-0.15, -0.1) is 11.8 Å². The summed E-state index contributed by atoms with van der Waals surface area (Å²) < 4.78 is 0. The molecule has 114 valence electrons. The van der Waals surface area contributed by atoms with Gasteiger partial charge in [-0.2, -0.15) is 0 Å². The van der Waals surface area contributed by atoms with E-state index < -0.39 is 0 Å². The lowest BCUT2D eigenvalue weighted by atomic mass is 10.0. The largest absolute Gasteiger partial charge is 0.311 e. The molecule has 0 unspecified atom stereocenters. The number of carbonyl (C=O) groups excluding carboxylic acids is 1. The Morgan fingerprint density at radius 1 is 1.18 bits per heavy atom. The second-order valence-electron chi connectivity index (χ2n) is 5.84. The number of para-hydroxylation sites is 1. The number of benzene rings is 2. The van der Waals surface area contributed by atoms with Gasteiger partial charge in [0.05, 0.1) is 5.75 Å². The zero-order valence-electron chi connectivity index (χ0n) is 13.1. The lowest BCUT2D eigenvalue weighted by Crippen LogP contribution is -2.36. The van der Waals surface area contributed by atoms with E-state index in [4.69, 9.17) is 0 Å². The number of aryl methyl sites for hydroxylation is 3. The molecule has 1 amide bonds. The van der Waals surface area contributed by atoms with Gasteiger partial charge in [-0.3, -0.25) is 4.79 Å². The molecule has 0 saturated carbocycles. The normalized spacial score (nSPS) is 13.8. The molecular weight excluding hydrogens is 290 g/mol. The predicted molar refractivity (Wildman–Crippen MR) is 93.8 cm³/mol. The van der Waals surface area contributed by atoms with Crippen molar-refractivity contribution in [1.82, 2.24) is 0 Å². The molecule has 0 saturated heterocycles. The molecule has 0 N–H and O–H groups in total. The second-order valence-corrected chi connectivity index (χ2v) is 6.85. The van der Waals surface area contributed by atoms with Crippen LogP contribution in [0.1, 0.15) is 23.1 Å². The first-order valence-electron chi connectivity index (χ1n) is 7.73. The fraction of sp³-hybridized carbons (Fsp3) is 0.316. The number of fused-ring (bicyclic) bond motifs is 1. The number of hydrogen-bond acceptors (Lipinski definition) is 2. The Bertz CT molecular complexity index is 696. The third kappa shape index (κ3) is 3.20. The molecule has 0 radical (unpaired) electrons. The van der Waals surface area contributed by atoms with Crippen LogP contribution in [0.15, 0.2) is 47.4 Å². The van der Waals surface area contributed by atoms with Crippen LogP contribution in [-0.4, -0.2) is 18.2 Å². The highest BCUT2D eigenvalue weighted by molar-refractivity contribution is 8.00. The zero-order valence-corrected chi connectivity index (χ0v) is 14.0. The molecule has 1 aliphatic heterocycles. The van der Waals surface area contributed by atoms with Crippen molar-refractivity contribution in [2.75, 3.05) is 17.2 Å². The van der Waals surface area contributed by atoms with E-state index in [1.807, 2.05) is 11.0 Å². The maximum absolute atomic E-state index is 12.6. The quantitative estimate of drug-likeness (QED) is 0.784. The molecule has 0 fully saturated rings. The smallest absolute Gasteiger partial charge is 0.237 e. The Morgan fingerprint density at radius 3 is 2.86 bits per heavy atom. The molecule has 0 spiro atoms. The number of anilines is 1. The Hall–Kier alpha value is -1.74. The average Bonchev–Trinajstić information content (AvgIpc) is 2.55. The lowest BCUT2D eigenvalue weighted by molar-refractivity contribution is -0.116. The van der Waals surface area contributed by atoms with Gasteiger partial charge < -0.3 is 4.90 Å². The molecule has 0 atom stereocenters. The van der Waals surface area contributed by atoms with Gasteiger partial charge in [0.25, 0.3) is 0 Å². The van der Waals surface area contributed by atoms with Gasteiger partial charge in [0, 0.05) is 17.1 Å². The average molecular weight is 311 g/mol. The van der Waals surface area contributed by atoms with E-state index in [1.54, 1.807) is 11.8 Å². The van der Waals surface area contributed by atoms with Crippen molar-refractivity contribution in [3.8, 4) is 0 Å². The highest BCUT2D eigenvalue weighted by Crippen LogP contribution is 2.29. The van der Waals surface area contributed by atoms with E-state index in [1.165, 1.54) is 21.6 Å². The van der Waals surface area contributed by atoms with Crippen molar-refractivity contribution in [2.45, 2.75) is 31.6 Å². The second kappa shape index (κ2) is 6.57. The van der Waals surface area contributed by atoms with Gasteiger partial charge in [0.1, 0.15) is 0 Å². The summed E-state index contributed by atoms with van der Waals surface area (Å²) in [5.41, 5.74) is 4.87. The van der Waals surface area contributed by atoms with Crippen molar-refractivity contribution < 1.29 is 4.79 Å². The van der Waals surface area contributed by atoms with Gasteiger partial charge in [-0.05, 0) is 49.9 Å². The molecule has 2 nitrogen and oxygen atoms in total. The van der Waals surface area contributed by atoms with Gasteiger partial charge in [0.2, 0.25) is 5.91 Å². The van der Waals surface area contributed by atoms with Crippen LogP contribution >= 0.6 is 11.8 Å². The molecule has 0 bridgehead atoms. The van der Waals surface area contributed by atoms with Crippen LogP contribution in [0.2, 0.25) is 0 Å². The Balaban J connectivity index is 1.72. The standard InChI is InChI=1S/C19H21NOS/c1-14-9-10-15(2)18(12-14)22-13-19(21)20-11-5-7-16-6-3-4-8-17(16)20/h3-4,6,8-10,12H,5,7,11,13H2,1-2H3. The summed E-state index contributed by atoms with van der Waals surface area (Å²) in [6.45, 7) is 5.03. The minimum Gasteiger partial charge on any atom is -0.311 e. The predicted octanol–water partition coefficient (Wildman–Crippen LogP) is 4.37. The van der Waals surface area contributed by atoms with Crippen LogP contribution in [0.25, 0.3) is 0 Å². The third-order valence-corrected chi connectivity index (χ3v) is 5.25. The maximum Gasteiger partial charge on any atom is 0.237 e. The van der Waals surface area contributed by atoms with Gasteiger partial charge in [-0.1, -0.05) is 35.9 Å². The summed E-state index contributed by atoms with van der Waals surface area (Å²) in [6, 6.07) is 14.7. The first-order valence-corrected chi connectivity index (χ1v) is 8.72. The monoisotopic (exact) mass is 311 g/mol. The summed E-state index contributed by atoms with van der Waals surface area (Å²) in [5.74, 6) is 0.705. The molecule has 3 heteroatoms. The molecule has 0 aromatic heterocycles. The van der Waals surface area contributed by atoms with E-state index in [0.717, 1.165) is 25.1 Å². The first-order chi connectivity index (χ1) is 10.6. The van der Waals surface area contributed by atoms with E-state index in [9.17, 15) is 4.79 Å². The van der Waals surface area contributed by atoms with Crippen molar-refractivity contribution in [1.29, 1.82) is 0 Å². The molecule has 1 heterocycles. The number of nitrogens with zero attached hydrogens (tertiary/aromatic N) is 1. The van der Waals surface area contributed by atoms with Crippen molar-refractivity contribution >= 4 is 23.4 Å². The molecule has 2 aromatic rings. The SMILES string of the molecule is Cc1ccc(C)c(SCC(=O)N2CCCc3ccccc32)c1. The van der Waals surface area contributed by atoms with E-state index in [-0.39, 0.29) is 5.91 Å². The molecule has 1 aliphatic rings. The van der Waals surface area contributed by atoms with Crippen LogP contribution in [0, 0.1) is 13.8 Å². The topological polar surface area (TPSA) is 20.3 Å². The first kappa shape index (κ1) is 15.2. The number of hydrogen-bond donors (Lipinski definition) is 0. The van der Waals surface area contributed by atoms with Gasteiger partial charge in [-0.25, -0.2) is 0 Å². The summed E-state index contributed by atoms with van der Waals surface area (Å²) in [5, 5.41) is 0. The fourth-order valence-corrected chi connectivity index (χ4v) is 3.87. The van der Waals surface area contributed by atoms with Crippen molar-refractivity contribution in [2.24, 2.45) is 0 Å². The van der Waals surface area contributed by atoms with Crippen LogP contribution < -0.4 is 4.90 Å². The third-order valence-electron chi connectivity index (χ3n) is 4.11. The minimum absolute atomic E-state index is 0.207. The summed E-state index contributed by atoms with van der Waals surface area (Å²) in [7, 11) is 0. The Labute approximate surface area is 136 Å². The van der Waals surface area contributed by atoms with Crippen molar-refractivity contribution in [3.63, 3.8) is 0 Å². The molecule has 3 rings (SSSR count). The number of carbonyl (C=O) groups is 1. The molecule has 2 aromatic carbocycles. The van der Waals surface area contributed by atoms with Crippen LogP contribution in [0.5, 0.6) is 0 Å². The van der Waals surface area contributed by atoms with E-state index >= 15 is 0 Å². The molecule has 0 aliphatic carbocycles. The summed E-state index contributed by atoms with van der Waals surface area (Å²) in [4.78, 5) is 15.8. The maximum atomic E-state index is 12.6. The number of rotatable bonds is 3. The van der Waals surface area contributed by atoms with Gasteiger partial charge in [0.15, 0.2) is 0 Å². The number of amides is 1. The fourth-order valence-electron chi connectivity index (χ4n) is 2.87. The molecular formula is C19H21NOS. The van der Waals surface area contributed by atoms with E-state index in [2.05, 4.69) is 50.2 Å². The number of thioether (sulfide) groups is 1.